The second-order valence-corrected chi connectivity index (χ2v) is 10.7. The van der Waals surface area contributed by atoms with E-state index in [1.807, 2.05) is 78.9 Å². The molecule has 4 aromatic carbocycles. The van der Waals surface area contributed by atoms with E-state index in [-0.39, 0.29) is 4.90 Å². The highest BCUT2D eigenvalue weighted by Gasteiger charge is 2.38. The number of hydrogen-bond donors (Lipinski definition) is 0. The summed E-state index contributed by atoms with van der Waals surface area (Å²) in [5.74, 6) is 0. The van der Waals surface area contributed by atoms with E-state index < -0.39 is 16.1 Å². The zero-order valence-electron chi connectivity index (χ0n) is 18.4. The van der Waals surface area contributed by atoms with Gasteiger partial charge in [-0.2, -0.15) is 17.9 Å². The van der Waals surface area contributed by atoms with E-state index in [0.717, 1.165) is 27.8 Å². The predicted octanol–water partition coefficient (Wildman–Crippen LogP) is 7.23. The number of hydrazone groups is 1. The SMILES string of the molecule is O=S(=O)(c1ccccc1)N1N=CC(=C(c2ccc(Cl)cc2)c2ccc(Cl)cc2)C1c1ccccc1. The second kappa shape index (κ2) is 9.70. The third kappa shape index (κ3) is 4.63. The molecular formula is C28H20Cl2N2O2S. The molecule has 1 aliphatic heterocycles. The molecule has 174 valence electrons. The first-order valence-electron chi connectivity index (χ1n) is 10.9. The zero-order chi connectivity index (χ0) is 24.4. The molecule has 0 fully saturated rings. The van der Waals surface area contributed by atoms with Crippen LogP contribution >= 0.6 is 23.2 Å². The van der Waals surface area contributed by atoms with Crippen LogP contribution in [-0.2, 0) is 10.0 Å². The lowest BCUT2D eigenvalue weighted by molar-refractivity contribution is 0.398. The van der Waals surface area contributed by atoms with Crippen molar-refractivity contribution < 1.29 is 8.42 Å². The smallest absolute Gasteiger partial charge is 0.200 e. The van der Waals surface area contributed by atoms with Crippen LogP contribution in [-0.4, -0.2) is 19.0 Å². The highest BCUT2D eigenvalue weighted by Crippen LogP contribution is 2.42. The van der Waals surface area contributed by atoms with Gasteiger partial charge in [-0.15, -0.1) is 0 Å². The molecule has 1 heterocycles. The van der Waals surface area contributed by atoms with Crippen molar-refractivity contribution in [3.8, 4) is 0 Å². The molecule has 0 bridgehead atoms. The molecule has 0 N–H and O–H groups in total. The van der Waals surface area contributed by atoms with Crippen molar-refractivity contribution in [2.75, 3.05) is 0 Å². The molecule has 0 saturated heterocycles. The van der Waals surface area contributed by atoms with Gasteiger partial charge in [-0.25, -0.2) is 0 Å². The fourth-order valence-corrected chi connectivity index (χ4v) is 5.81. The largest absolute Gasteiger partial charge is 0.279 e. The lowest BCUT2D eigenvalue weighted by Gasteiger charge is -2.26. The van der Waals surface area contributed by atoms with Gasteiger partial charge in [0, 0.05) is 15.6 Å². The molecule has 0 saturated carbocycles. The number of hydrogen-bond acceptors (Lipinski definition) is 3. The van der Waals surface area contributed by atoms with E-state index in [0.29, 0.717) is 10.0 Å². The van der Waals surface area contributed by atoms with Gasteiger partial charge in [-0.3, -0.25) is 0 Å². The van der Waals surface area contributed by atoms with Crippen molar-refractivity contribution in [3.63, 3.8) is 0 Å². The van der Waals surface area contributed by atoms with Crippen LogP contribution in [0.5, 0.6) is 0 Å². The minimum Gasteiger partial charge on any atom is -0.200 e. The van der Waals surface area contributed by atoms with Crippen LogP contribution in [0.2, 0.25) is 10.0 Å². The highest BCUT2D eigenvalue weighted by atomic mass is 35.5. The minimum atomic E-state index is -3.92. The second-order valence-electron chi connectivity index (χ2n) is 7.99. The number of rotatable bonds is 5. The average Bonchev–Trinajstić information content (AvgIpc) is 3.33. The maximum absolute atomic E-state index is 13.7. The van der Waals surface area contributed by atoms with Gasteiger partial charge in [0.1, 0.15) is 6.04 Å². The van der Waals surface area contributed by atoms with Gasteiger partial charge in [0.25, 0.3) is 10.0 Å². The van der Waals surface area contributed by atoms with Crippen LogP contribution in [0.3, 0.4) is 0 Å². The van der Waals surface area contributed by atoms with Gasteiger partial charge in [0.15, 0.2) is 0 Å². The van der Waals surface area contributed by atoms with Gasteiger partial charge < -0.3 is 0 Å². The Kier molecular flexibility index (Phi) is 6.48. The normalized spacial score (nSPS) is 15.4. The highest BCUT2D eigenvalue weighted by molar-refractivity contribution is 7.89. The fraction of sp³-hybridized carbons (Fsp3) is 0.0357. The lowest BCUT2D eigenvalue weighted by atomic mass is 9.88. The van der Waals surface area contributed by atoms with Crippen molar-refractivity contribution in [3.05, 3.63) is 142 Å². The number of halogens is 2. The van der Waals surface area contributed by atoms with E-state index in [4.69, 9.17) is 23.2 Å². The van der Waals surface area contributed by atoms with Crippen LogP contribution < -0.4 is 0 Å². The molecule has 4 nitrogen and oxygen atoms in total. The van der Waals surface area contributed by atoms with Crippen molar-refractivity contribution in [1.29, 1.82) is 0 Å². The summed E-state index contributed by atoms with van der Waals surface area (Å²) in [5, 5.41) is 5.67. The van der Waals surface area contributed by atoms with Gasteiger partial charge in [-0.1, -0.05) is 96.0 Å². The Morgan fingerprint density at radius 2 is 1.17 bits per heavy atom. The van der Waals surface area contributed by atoms with Crippen LogP contribution in [0.15, 0.2) is 125 Å². The average molecular weight is 519 g/mol. The first kappa shape index (κ1) is 23.4. The summed E-state index contributed by atoms with van der Waals surface area (Å²) in [6, 6.07) is 32.1. The Morgan fingerprint density at radius 1 is 0.686 bits per heavy atom. The van der Waals surface area contributed by atoms with E-state index in [1.54, 1.807) is 36.5 Å². The third-order valence-electron chi connectivity index (χ3n) is 5.78. The summed E-state index contributed by atoms with van der Waals surface area (Å²) >= 11 is 12.3. The number of nitrogens with zero attached hydrogens (tertiary/aromatic N) is 2. The van der Waals surface area contributed by atoms with E-state index in [9.17, 15) is 8.42 Å². The molecule has 0 aromatic heterocycles. The quantitative estimate of drug-likeness (QED) is 0.279. The Balaban J connectivity index is 1.76. The van der Waals surface area contributed by atoms with Gasteiger partial charge in [0.2, 0.25) is 0 Å². The molecule has 5 rings (SSSR count). The minimum absolute atomic E-state index is 0.180. The zero-order valence-corrected chi connectivity index (χ0v) is 20.8. The Bertz CT molecular complexity index is 1450. The monoisotopic (exact) mass is 518 g/mol. The summed E-state index contributed by atoms with van der Waals surface area (Å²) in [6.07, 6.45) is 1.64. The summed E-state index contributed by atoms with van der Waals surface area (Å²) in [6.45, 7) is 0. The van der Waals surface area contributed by atoms with Crippen LogP contribution in [0.4, 0.5) is 0 Å². The van der Waals surface area contributed by atoms with Gasteiger partial charge in [0.05, 0.1) is 11.1 Å². The Hall–Kier alpha value is -3.38. The number of sulfonamides is 1. The van der Waals surface area contributed by atoms with E-state index in [1.165, 1.54) is 4.41 Å². The van der Waals surface area contributed by atoms with Crippen molar-refractivity contribution in [2.45, 2.75) is 10.9 Å². The van der Waals surface area contributed by atoms with E-state index >= 15 is 0 Å². The molecule has 1 unspecified atom stereocenters. The summed E-state index contributed by atoms with van der Waals surface area (Å²) in [5.41, 5.74) is 4.18. The Labute approximate surface area is 214 Å². The number of benzene rings is 4. The van der Waals surface area contributed by atoms with Crippen LogP contribution in [0.1, 0.15) is 22.7 Å². The molecule has 0 radical (unpaired) electrons. The summed E-state index contributed by atoms with van der Waals surface area (Å²) in [4.78, 5) is 0.180. The molecule has 35 heavy (non-hydrogen) atoms. The molecule has 4 aromatic rings. The first-order chi connectivity index (χ1) is 16.9. The summed E-state index contributed by atoms with van der Waals surface area (Å²) < 4.78 is 28.6. The predicted molar refractivity (Wildman–Crippen MR) is 142 cm³/mol. The third-order valence-corrected chi connectivity index (χ3v) is 7.95. The lowest BCUT2D eigenvalue weighted by Crippen LogP contribution is -2.28. The van der Waals surface area contributed by atoms with Crippen molar-refractivity contribution >= 4 is 45.0 Å². The van der Waals surface area contributed by atoms with Gasteiger partial charge >= 0.3 is 0 Å². The van der Waals surface area contributed by atoms with Crippen LogP contribution in [0, 0.1) is 0 Å². The molecule has 1 aliphatic rings. The van der Waals surface area contributed by atoms with Crippen LogP contribution in [0.25, 0.3) is 5.57 Å². The first-order valence-corrected chi connectivity index (χ1v) is 13.1. The van der Waals surface area contributed by atoms with E-state index in [2.05, 4.69) is 5.10 Å². The standard InChI is InChI=1S/C28H20Cl2N2O2S/c29-23-15-11-20(12-16-23)27(21-13-17-24(30)18-14-21)26-19-31-32(28(26)22-7-3-1-4-8-22)35(33,34)25-9-5-2-6-10-25/h1-19,28H. The van der Waals surface area contributed by atoms with Crippen molar-refractivity contribution in [2.24, 2.45) is 5.10 Å². The molecule has 0 spiro atoms. The molecule has 0 aliphatic carbocycles. The maximum atomic E-state index is 13.7. The summed E-state index contributed by atoms with van der Waals surface area (Å²) in [7, 11) is -3.92. The molecule has 1 atom stereocenters. The Morgan fingerprint density at radius 3 is 1.69 bits per heavy atom. The molecule has 0 amide bonds. The topological polar surface area (TPSA) is 49.7 Å². The van der Waals surface area contributed by atoms with Crippen molar-refractivity contribution in [1.82, 2.24) is 4.41 Å². The fourth-order valence-electron chi connectivity index (χ4n) is 4.15. The van der Waals surface area contributed by atoms with Gasteiger partial charge in [-0.05, 0) is 58.7 Å². The molecular weight excluding hydrogens is 499 g/mol. The maximum Gasteiger partial charge on any atom is 0.279 e. The molecule has 7 heteroatoms.